The summed E-state index contributed by atoms with van der Waals surface area (Å²) in [6, 6.07) is 0. The third-order valence-electron chi connectivity index (χ3n) is 3.50. The molecule has 1 unspecified atom stereocenters. The molecule has 1 aromatic rings. The Morgan fingerprint density at radius 2 is 2.18 bits per heavy atom. The Balaban J connectivity index is 1.80. The predicted octanol–water partition coefficient (Wildman–Crippen LogP) is 1.77. The zero-order chi connectivity index (χ0) is 12.1. The lowest BCUT2D eigenvalue weighted by Crippen LogP contribution is -2.31. The Morgan fingerprint density at radius 3 is 2.88 bits per heavy atom. The van der Waals surface area contributed by atoms with E-state index in [2.05, 4.69) is 16.8 Å². The monoisotopic (exact) mass is 237 g/mol. The first-order valence-corrected chi connectivity index (χ1v) is 6.66. The van der Waals surface area contributed by atoms with E-state index in [9.17, 15) is 0 Å². The fourth-order valence-electron chi connectivity index (χ4n) is 2.22. The Labute approximate surface area is 103 Å². The molecule has 1 aromatic heterocycles. The number of nitrogens with zero attached hydrogens (tertiary/aromatic N) is 2. The molecule has 0 saturated carbocycles. The van der Waals surface area contributed by atoms with E-state index in [1.807, 2.05) is 6.20 Å². The number of piperidine rings is 1. The van der Waals surface area contributed by atoms with Gasteiger partial charge in [0.05, 0.1) is 6.20 Å². The van der Waals surface area contributed by atoms with E-state index in [0.29, 0.717) is 6.54 Å². The third kappa shape index (κ3) is 3.54. The summed E-state index contributed by atoms with van der Waals surface area (Å²) in [6.07, 6.45) is 6.79. The Kier molecular flexibility index (Phi) is 4.57. The minimum Gasteiger partial charge on any atom is -0.445 e. The summed E-state index contributed by atoms with van der Waals surface area (Å²) >= 11 is 0. The molecule has 0 amide bonds. The summed E-state index contributed by atoms with van der Waals surface area (Å²) in [5, 5.41) is 0. The van der Waals surface area contributed by atoms with Gasteiger partial charge in [-0.3, -0.25) is 0 Å². The van der Waals surface area contributed by atoms with Gasteiger partial charge in [-0.2, -0.15) is 0 Å². The molecular formula is C13H23N3O. The Morgan fingerprint density at radius 1 is 1.41 bits per heavy atom. The SMILES string of the molecule is CC(CN)c1cnc(CCN2CCCCC2)o1. The second-order valence-corrected chi connectivity index (χ2v) is 4.95. The summed E-state index contributed by atoms with van der Waals surface area (Å²) in [6.45, 7) is 6.20. The number of likely N-dealkylation sites (tertiary alicyclic amines) is 1. The summed E-state index contributed by atoms with van der Waals surface area (Å²) in [7, 11) is 0. The van der Waals surface area contributed by atoms with E-state index in [4.69, 9.17) is 10.2 Å². The number of hydrogen-bond acceptors (Lipinski definition) is 4. The number of nitrogens with two attached hydrogens (primary N) is 1. The summed E-state index contributed by atoms with van der Waals surface area (Å²) < 4.78 is 5.71. The fraction of sp³-hybridized carbons (Fsp3) is 0.769. The van der Waals surface area contributed by atoms with Crippen LogP contribution in [0.5, 0.6) is 0 Å². The van der Waals surface area contributed by atoms with Crippen LogP contribution < -0.4 is 5.73 Å². The zero-order valence-corrected chi connectivity index (χ0v) is 10.7. The molecule has 0 radical (unpaired) electrons. The molecule has 2 N–H and O–H groups in total. The van der Waals surface area contributed by atoms with Crippen LogP contribution in [0.4, 0.5) is 0 Å². The molecule has 1 aliphatic heterocycles. The van der Waals surface area contributed by atoms with E-state index in [1.165, 1.54) is 32.4 Å². The minimum atomic E-state index is 0.270. The van der Waals surface area contributed by atoms with Crippen LogP contribution in [-0.2, 0) is 6.42 Å². The highest BCUT2D eigenvalue weighted by Gasteiger charge is 2.13. The van der Waals surface area contributed by atoms with Crippen molar-refractivity contribution in [2.75, 3.05) is 26.2 Å². The number of rotatable bonds is 5. The van der Waals surface area contributed by atoms with Gasteiger partial charge >= 0.3 is 0 Å². The second kappa shape index (κ2) is 6.17. The van der Waals surface area contributed by atoms with Crippen LogP contribution in [0.15, 0.2) is 10.6 Å². The third-order valence-corrected chi connectivity index (χ3v) is 3.50. The van der Waals surface area contributed by atoms with Crippen LogP contribution >= 0.6 is 0 Å². The zero-order valence-electron chi connectivity index (χ0n) is 10.7. The van der Waals surface area contributed by atoms with Crippen molar-refractivity contribution in [1.82, 2.24) is 9.88 Å². The van der Waals surface area contributed by atoms with Gasteiger partial charge in [-0.15, -0.1) is 0 Å². The average molecular weight is 237 g/mol. The van der Waals surface area contributed by atoms with Crippen LogP contribution in [0.2, 0.25) is 0 Å². The van der Waals surface area contributed by atoms with Crippen molar-refractivity contribution in [3.63, 3.8) is 0 Å². The van der Waals surface area contributed by atoms with Crippen LogP contribution in [0.1, 0.15) is 43.8 Å². The molecule has 4 heteroatoms. The number of aromatic nitrogens is 1. The molecule has 2 rings (SSSR count). The van der Waals surface area contributed by atoms with Gasteiger partial charge in [-0.25, -0.2) is 4.98 Å². The van der Waals surface area contributed by atoms with Crippen LogP contribution in [-0.4, -0.2) is 36.1 Å². The molecule has 0 aliphatic carbocycles. The number of oxazole rings is 1. The van der Waals surface area contributed by atoms with Gasteiger partial charge in [0, 0.05) is 25.4 Å². The smallest absolute Gasteiger partial charge is 0.195 e. The van der Waals surface area contributed by atoms with Crippen molar-refractivity contribution in [2.45, 2.75) is 38.5 Å². The molecule has 1 atom stereocenters. The van der Waals surface area contributed by atoms with Gasteiger partial charge in [0.2, 0.25) is 0 Å². The first-order valence-electron chi connectivity index (χ1n) is 6.66. The molecule has 1 fully saturated rings. The Hall–Kier alpha value is -0.870. The molecule has 0 spiro atoms. The predicted molar refractivity (Wildman–Crippen MR) is 68.0 cm³/mol. The lowest BCUT2D eigenvalue weighted by molar-refractivity contribution is 0.225. The second-order valence-electron chi connectivity index (χ2n) is 4.95. The lowest BCUT2D eigenvalue weighted by Gasteiger charge is -2.25. The first-order chi connectivity index (χ1) is 8.29. The van der Waals surface area contributed by atoms with Gasteiger partial charge in [0.1, 0.15) is 5.76 Å². The van der Waals surface area contributed by atoms with E-state index in [0.717, 1.165) is 24.6 Å². The average Bonchev–Trinajstić information content (AvgIpc) is 2.85. The topological polar surface area (TPSA) is 55.3 Å². The van der Waals surface area contributed by atoms with Crippen molar-refractivity contribution >= 4 is 0 Å². The molecule has 1 aliphatic rings. The van der Waals surface area contributed by atoms with E-state index < -0.39 is 0 Å². The summed E-state index contributed by atoms with van der Waals surface area (Å²) in [5.41, 5.74) is 5.61. The van der Waals surface area contributed by atoms with Crippen LogP contribution in [0, 0.1) is 0 Å². The molecule has 0 bridgehead atoms. The quantitative estimate of drug-likeness (QED) is 0.848. The standard InChI is InChI=1S/C13H23N3O/c1-11(9-14)12-10-15-13(17-12)5-8-16-6-3-2-4-7-16/h10-11H,2-9,14H2,1H3. The van der Waals surface area contributed by atoms with E-state index >= 15 is 0 Å². The fourth-order valence-corrected chi connectivity index (χ4v) is 2.22. The summed E-state index contributed by atoms with van der Waals surface area (Å²) in [4.78, 5) is 6.82. The highest BCUT2D eigenvalue weighted by Crippen LogP contribution is 2.16. The van der Waals surface area contributed by atoms with Crippen molar-refractivity contribution in [1.29, 1.82) is 0 Å². The highest BCUT2D eigenvalue weighted by atomic mass is 16.4. The molecule has 4 nitrogen and oxygen atoms in total. The van der Waals surface area contributed by atoms with E-state index in [1.54, 1.807) is 0 Å². The first kappa shape index (κ1) is 12.6. The van der Waals surface area contributed by atoms with Gasteiger partial charge in [0.15, 0.2) is 5.89 Å². The normalized spacial score (nSPS) is 19.4. The van der Waals surface area contributed by atoms with Crippen molar-refractivity contribution in [3.8, 4) is 0 Å². The maximum atomic E-state index is 5.71. The highest BCUT2D eigenvalue weighted by molar-refractivity contribution is 5.01. The van der Waals surface area contributed by atoms with Gasteiger partial charge in [-0.1, -0.05) is 13.3 Å². The van der Waals surface area contributed by atoms with Gasteiger partial charge in [0.25, 0.3) is 0 Å². The minimum absolute atomic E-state index is 0.270. The van der Waals surface area contributed by atoms with Crippen LogP contribution in [0.25, 0.3) is 0 Å². The van der Waals surface area contributed by atoms with Crippen LogP contribution in [0.3, 0.4) is 0 Å². The van der Waals surface area contributed by atoms with Crippen molar-refractivity contribution < 1.29 is 4.42 Å². The molecule has 96 valence electrons. The molecule has 17 heavy (non-hydrogen) atoms. The molecule has 0 aromatic carbocycles. The lowest BCUT2D eigenvalue weighted by atomic mass is 10.1. The molecular weight excluding hydrogens is 214 g/mol. The van der Waals surface area contributed by atoms with Gasteiger partial charge in [-0.05, 0) is 25.9 Å². The number of hydrogen-bond donors (Lipinski definition) is 1. The Bertz CT molecular complexity index is 331. The van der Waals surface area contributed by atoms with Gasteiger partial charge < -0.3 is 15.1 Å². The maximum absolute atomic E-state index is 5.71. The van der Waals surface area contributed by atoms with Crippen molar-refractivity contribution in [3.05, 3.63) is 17.8 Å². The largest absolute Gasteiger partial charge is 0.445 e. The molecule has 1 saturated heterocycles. The van der Waals surface area contributed by atoms with E-state index in [-0.39, 0.29) is 5.92 Å². The van der Waals surface area contributed by atoms with Crippen molar-refractivity contribution in [2.24, 2.45) is 5.73 Å². The maximum Gasteiger partial charge on any atom is 0.195 e. The molecule has 2 heterocycles. The summed E-state index contributed by atoms with van der Waals surface area (Å²) in [5.74, 6) is 2.04.